The van der Waals surface area contributed by atoms with E-state index < -0.39 is 29.7 Å². The molecule has 0 bridgehead atoms. The minimum atomic E-state index is -1.04. The second-order valence-electron chi connectivity index (χ2n) is 8.42. The predicted molar refractivity (Wildman–Crippen MR) is 107 cm³/mol. The van der Waals surface area contributed by atoms with E-state index in [1.54, 1.807) is 27.8 Å². The number of likely N-dealkylation sites (N-methyl/N-ethyl adjacent to an activating group) is 1. The molecule has 9 heteroatoms. The average molecular weight is 406 g/mol. The number of carboxylic acids is 1. The number of nitrogens with one attached hydrogen (secondary N) is 1. The van der Waals surface area contributed by atoms with Crippen LogP contribution in [0.4, 0.5) is 4.79 Å². The Labute approximate surface area is 168 Å². The zero-order valence-electron chi connectivity index (χ0n) is 18.7. The molecule has 9 nitrogen and oxygen atoms in total. The number of rotatable bonds is 8. The highest BCUT2D eigenvalue weighted by Crippen LogP contribution is 2.09. The van der Waals surface area contributed by atoms with Crippen LogP contribution in [0.1, 0.15) is 61.3 Å². The maximum Gasteiger partial charge on any atom is 0.408 e. The standard InChI is InChI=1S/C11H21NO4.C8H18N2O2/c1-7(2)6-8(9(13)14)12-10(15)16-11(3,4)5;1-6(2)5-7(9)8(11)10(3)12-4/h7-8H,6H2,1-5H3,(H,12,15)(H,13,14);6-7H,5,9H2,1-4H3/t8-;7-/m00/s1. The molecule has 0 fully saturated rings. The number of carbonyl (C=O) groups is 3. The van der Waals surface area contributed by atoms with Crippen LogP contribution in [0.25, 0.3) is 0 Å². The molecule has 0 unspecified atom stereocenters. The lowest BCUT2D eigenvalue weighted by molar-refractivity contribution is -0.170. The normalized spacial score (nSPS) is 13.3. The van der Waals surface area contributed by atoms with Crippen molar-refractivity contribution in [1.29, 1.82) is 0 Å². The van der Waals surface area contributed by atoms with Crippen molar-refractivity contribution in [2.45, 2.75) is 79.0 Å². The summed E-state index contributed by atoms with van der Waals surface area (Å²) in [5.41, 5.74) is 5.00. The van der Waals surface area contributed by atoms with Crippen molar-refractivity contribution in [2.75, 3.05) is 14.2 Å². The SMILES string of the molecule is CC(C)C[C@H](NC(=O)OC(C)(C)C)C(=O)O.CON(C)C(=O)[C@@H](N)CC(C)C. The first kappa shape index (κ1) is 28.3. The lowest BCUT2D eigenvalue weighted by Gasteiger charge is -2.22. The summed E-state index contributed by atoms with van der Waals surface area (Å²) in [4.78, 5) is 38.2. The quantitative estimate of drug-likeness (QED) is 0.528. The molecule has 2 atom stereocenters. The van der Waals surface area contributed by atoms with Crippen LogP contribution in [0.5, 0.6) is 0 Å². The lowest BCUT2D eigenvalue weighted by Crippen LogP contribution is -2.44. The van der Waals surface area contributed by atoms with Gasteiger partial charge in [0.15, 0.2) is 0 Å². The van der Waals surface area contributed by atoms with Crippen LogP contribution in [0.15, 0.2) is 0 Å². The number of hydrogen-bond acceptors (Lipinski definition) is 6. The molecule has 0 rings (SSSR count). The minimum absolute atomic E-state index is 0.175. The molecule has 2 amide bonds. The van der Waals surface area contributed by atoms with Gasteiger partial charge in [-0.2, -0.15) is 0 Å². The van der Waals surface area contributed by atoms with Gasteiger partial charge in [-0.15, -0.1) is 0 Å². The second-order valence-corrected chi connectivity index (χ2v) is 8.42. The van der Waals surface area contributed by atoms with Crippen LogP contribution >= 0.6 is 0 Å². The maximum atomic E-state index is 11.4. The van der Waals surface area contributed by atoms with E-state index in [2.05, 4.69) is 5.32 Å². The molecular formula is C19H39N3O6. The van der Waals surface area contributed by atoms with Gasteiger partial charge in [-0.05, 0) is 45.4 Å². The molecular weight excluding hydrogens is 366 g/mol. The third kappa shape index (κ3) is 15.2. The molecule has 0 radical (unpaired) electrons. The van der Waals surface area contributed by atoms with Crippen molar-refractivity contribution in [2.24, 2.45) is 17.6 Å². The fourth-order valence-corrected chi connectivity index (χ4v) is 2.07. The van der Waals surface area contributed by atoms with Crippen LogP contribution in [-0.4, -0.2) is 60.0 Å². The zero-order valence-corrected chi connectivity index (χ0v) is 18.7. The van der Waals surface area contributed by atoms with E-state index in [4.69, 9.17) is 20.4 Å². The first-order valence-electron chi connectivity index (χ1n) is 9.40. The molecule has 4 N–H and O–H groups in total. The summed E-state index contributed by atoms with van der Waals surface area (Å²) in [6.45, 7) is 13.0. The largest absolute Gasteiger partial charge is 0.480 e. The summed E-state index contributed by atoms with van der Waals surface area (Å²) in [7, 11) is 3.00. The van der Waals surface area contributed by atoms with Crippen molar-refractivity contribution in [3.05, 3.63) is 0 Å². The molecule has 0 aromatic rings. The Bertz CT molecular complexity index is 489. The topological polar surface area (TPSA) is 131 Å². The van der Waals surface area contributed by atoms with Crippen molar-refractivity contribution in [3.63, 3.8) is 0 Å². The second kappa shape index (κ2) is 13.3. The highest BCUT2D eigenvalue weighted by Gasteiger charge is 2.24. The van der Waals surface area contributed by atoms with Crippen LogP contribution in [0, 0.1) is 11.8 Å². The Hall–Kier alpha value is -1.87. The van der Waals surface area contributed by atoms with Crippen molar-refractivity contribution >= 4 is 18.0 Å². The number of aliphatic carboxylic acids is 1. The van der Waals surface area contributed by atoms with E-state index in [1.807, 2.05) is 27.7 Å². The number of hydroxylamine groups is 2. The summed E-state index contributed by atoms with van der Waals surface area (Å²) >= 11 is 0. The van der Waals surface area contributed by atoms with Gasteiger partial charge in [0.05, 0.1) is 13.2 Å². The van der Waals surface area contributed by atoms with Crippen LogP contribution in [0.3, 0.4) is 0 Å². The van der Waals surface area contributed by atoms with Crippen LogP contribution in [-0.2, 0) is 19.2 Å². The highest BCUT2D eigenvalue weighted by molar-refractivity contribution is 5.80. The Morgan fingerprint density at radius 1 is 1.07 bits per heavy atom. The Morgan fingerprint density at radius 3 is 1.86 bits per heavy atom. The molecule has 0 aromatic heterocycles. The molecule has 0 saturated heterocycles. The average Bonchev–Trinajstić information content (AvgIpc) is 2.50. The first-order valence-corrected chi connectivity index (χ1v) is 9.40. The number of hydrogen-bond donors (Lipinski definition) is 3. The van der Waals surface area contributed by atoms with Gasteiger partial charge in [-0.25, -0.2) is 14.7 Å². The smallest absolute Gasteiger partial charge is 0.408 e. The number of amides is 2. The van der Waals surface area contributed by atoms with Crippen molar-refractivity contribution < 1.29 is 29.1 Å². The fourth-order valence-electron chi connectivity index (χ4n) is 2.07. The number of nitrogens with zero attached hydrogens (tertiary/aromatic N) is 1. The molecule has 0 spiro atoms. The first-order chi connectivity index (χ1) is 12.6. The molecule has 28 heavy (non-hydrogen) atoms. The summed E-state index contributed by atoms with van der Waals surface area (Å²) in [5.74, 6) is -0.601. The van der Waals surface area contributed by atoms with E-state index in [9.17, 15) is 14.4 Å². The third-order valence-corrected chi connectivity index (χ3v) is 3.32. The molecule has 0 aliphatic heterocycles. The number of ether oxygens (including phenoxy) is 1. The number of carboxylic acid groups (broad SMARTS) is 1. The van der Waals surface area contributed by atoms with Gasteiger partial charge >= 0.3 is 12.1 Å². The number of nitrogens with two attached hydrogens (primary N) is 1. The number of carbonyl (C=O) groups excluding carboxylic acids is 2. The van der Waals surface area contributed by atoms with E-state index in [-0.39, 0.29) is 11.8 Å². The predicted octanol–water partition coefficient (Wildman–Crippen LogP) is 2.39. The van der Waals surface area contributed by atoms with Gasteiger partial charge < -0.3 is 20.9 Å². The molecule has 166 valence electrons. The van der Waals surface area contributed by atoms with Gasteiger partial charge in [0.25, 0.3) is 5.91 Å². The zero-order chi connectivity index (χ0) is 22.7. The Kier molecular flexibility index (Phi) is 13.5. The third-order valence-electron chi connectivity index (χ3n) is 3.32. The minimum Gasteiger partial charge on any atom is -0.480 e. The van der Waals surface area contributed by atoms with Crippen LogP contribution < -0.4 is 11.1 Å². The maximum absolute atomic E-state index is 11.4. The van der Waals surface area contributed by atoms with E-state index in [1.165, 1.54) is 7.11 Å². The summed E-state index contributed by atoms with van der Waals surface area (Å²) in [6, 6.07) is -1.34. The van der Waals surface area contributed by atoms with Crippen molar-refractivity contribution in [3.8, 4) is 0 Å². The lowest BCUT2D eigenvalue weighted by atomic mass is 10.0. The van der Waals surface area contributed by atoms with E-state index in [0.29, 0.717) is 18.8 Å². The monoisotopic (exact) mass is 405 g/mol. The summed E-state index contributed by atoms with van der Waals surface area (Å²) < 4.78 is 4.99. The molecule has 0 saturated carbocycles. The van der Waals surface area contributed by atoms with Gasteiger partial charge in [-0.1, -0.05) is 27.7 Å². The molecule has 0 aromatic carbocycles. The Morgan fingerprint density at radius 2 is 1.54 bits per heavy atom. The molecule has 0 aliphatic rings. The fraction of sp³-hybridized carbons (Fsp3) is 0.842. The molecule has 0 heterocycles. The van der Waals surface area contributed by atoms with E-state index >= 15 is 0 Å². The Balaban J connectivity index is 0. The summed E-state index contributed by atoms with van der Waals surface area (Å²) in [5, 5.41) is 12.4. The van der Waals surface area contributed by atoms with Gasteiger partial charge in [0, 0.05) is 7.05 Å². The van der Waals surface area contributed by atoms with Crippen molar-refractivity contribution in [1.82, 2.24) is 10.4 Å². The van der Waals surface area contributed by atoms with Gasteiger partial charge in [0.1, 0.15) is 11.6 Å². The van der Waals surface area contributed by atoms with Crippen LogP contribution in [0.2, 0.25) is 0 Å². The van der Waals surface area contributed by atoms with Gasteiger partial charge in [0.2, 0.25) is 0 Å². The molecule has 0 aliphatic carbocycles. The highest BCUT2D eigenvalue weighted by atomic mass is 16.7. The number of alkyl carbamates (subject to hydrolysis) is 1. The van der Waals surface area contributed by atoms with Gasteiger partial charge in [-0.3, -0.25) is 9.63 Å². The summed E-state index contributed by atoms with van der Waals surface area (Å²) in [6.07, 6.45) is 0.377. The van der Waals surface area contributed by atoms with E-state index in [0.717, 1.165) is 5.06 Å².